The zero-order chi connectivity index (χ0) is 14.2. The third kappa shape index (κ3) is 6.51. The van der Waals surface area contributed by atoms with E-state index in [1.807, 2.05) is 0 Å². The van der Waals surface area contributed by atoms with E-state index >= 15 is 0 Å². The van der Waals surface area contributed by atoms with Gasteiger partial charge in [-0.15, -0.1) is 12.4 Å². The number of halogens is 1. The molecule has 1 saturated heterocycles. The molecule has 1 aliphatic carbocycles. The lowest BCUT2D eigenvalue weighted by molar-refractivity contribution is -0.131. The van der Waals surface area contributed by atoms with Crippen LogP contribution in [0.5, 0.6) is 0 Å². The van der Waals surface area contributed by atoms with Crippen LogP contribution in [0.4, 0.5) is 0 Å². The lowest BCUT2D eigenvalue weighted by atomic mass is 9.98. The molecular weight excluding hydrogens is 292 g/mol. The van der Waals surface area contributed by atoms with Gasteiger partial charge in [0.25, 0.3) is 0 Å². The standard InChI is InChI=1S/C15H28N2O3.ClH/c16-11-13-7-8-14(20-13)15(18)17-9-4-10-19-12-5-2-1-3-6-12;/h12-14H,1-11,16H2,(H,17,18);1H/t13-,14+;/m1./s1. The first-order chi connectivity index (χ1) is 9.79. The topological polar surface area (TPSA) is 73.6 Å². The monoisotopic (exact) mass is 320 g/mol. The minimum absolute atomic E-state index is 0. The molecule has 3 N–H and O–H groups in total. The summed E-state index contributed by atoms with van der Waals surface area (Å²) < 4.78 is 11.4. The van der Waals surface area contributed by atoms with Gasteiger partial charge in [-0.05, 0) is 32.1 Å². The lowest BCUT2D eigenvalue weighted by Gasteiger charge is -2.22. The van der Waals surface area contributed by atoms with Gasteiger partial charge in [-0.1, -0.05) is 19.3 Å². The van der Waals surface area contributed by atoms with Gasteiger partial charge in [0.2, 0.25) is 5.91 Å². The maximum atomic E-state index is 11.9. The lowest BCUT2D eigenvalue weighted by Crippen LogP contribution is -2.36. The Hall–Kier alpha value is -0.360. The van der Waals surface area contributed by atoms with Gasteiger partial charge in [0, 0.05) is 19.7 Å². The molecule has 1 amide bonds. The van der Waals surface area contributed by atoms with Crippen molar-refractivity contribution in [3.8, 4) is 0 Å². The number of rotatable bonds is 7. The Bertz CT molecular complexity index is 299. The molecule has 21 heavy (non-hydrogen) atoms. The Morgan fingerprint density at radius 2 is 1.95 bits per heavy atom. The molecule has 124 valence electrons. The number of carbonyl (C=O) groups is 1. The van der Waals surface area contributed by atoms with E-state index in [0.717, 1.165) is 25.9 Å². The van der Waals surface area contributed by atoms with Gasteiger partial charge < -0.3 is 20.5 Å². The van der Waals surface area contributed by atoms with Crippen molar-refractivity contribution in [1.82, 2.24) is 5.32 Å². The number of amides is 1. The number of hydrogen-bond donors (Lipinski definition) is 2. The van der Waals surface area contributed by atoms with Crippen molar-refractivity contribution in [1.29, 1.82) is 0 Å². The van der Waals surface area contributed by atoms with Crippen molar-refractivity contribution in [2.75, 3.05) is 19.7 Å². The molecule has 2 rings (SSSR count). The van der Waals surface area contributed by atoms with Crippen LogP contribution in [0.1, 0.15) is 51.4 Å². The highest BCUT2D eigenvalue weighted by Crippen LogP contribution is 2.20. The highest BCUT2D eigenvalue weighted by atomic mass is 35.5. The van der Waals surface area contributed by atoms with Crippen LogP contribution in [-0.2, 0) is 14.3 Å². The Morgan fingerprint density at radius 3 is 2.62 bits per heavy atom. The highest BCUT2D eigenvalue weighted by Gasteiger charge is 2.29. The van der Waals surface area contributed by atoms with Crippen LogP contribution >= 0.6 is 12.4 Å². The van der Waals surface area contributed by atoms with Crippen molar-refractivity contribution in [2.45, 2.75) is 69.7 Å². The molecule has 1 heterocycles. The SMILES string of the molecule is Cl.NC[C@H]1CC[C@@H](C(=O)NCCCOC2CCCCC2)O1. The van der Waals surface area contributed by atoms with Crippen LogP contribution < -0.4 is 11.1 Å². The minimum Gasteiger partial charge on any atom is -0.378 e. The van der Waals surface area contributed by atoms with Crippen LogP contribution in [0.2, 0.25) is 0 Å². The summed E-state index contributed by atoms with van der Waals surface area (Å²) in [4.78, 5) is 11.9. The second-order valence-electron chi connectivity index (χ2n) is 5.84. The second kappa shape index (κ2) is 10.4. The van der Waals surface area contributed by atoms with Crippen molar-refractivity contribution < 1.29 is 14.3 Å². The Balaban J connectivity index is 0.00000220. The number of nitrogens with two attached hydrogens (primary N) is 1. The average Bonchev–Trinajstić information content (AvgIpc) is 2.97. The highest BCUT2D eigenvalue weighted by molar-refractivity contribution is 5.85. The van der Waals surface area contributed by atoms with Crippen molar-refractivity contribution >= 4 is 18.3 Å². The fraction of sp³-hybridized carbons (Fsp3) is 0.933. The molecule has 5 nitrogen and oxygen atoms in total. The summed E-state index contributed by atoms with van der Waals surface area (Å²) in [5.41, 5.74) is 5.53. The number of carbonyl (C=O) groups excluding carboxylic acids is 1. The van der Waals surface area contributed by atoms with E-state index in [-0.39, 0.29) is 30.5 Å². The molecule has 2 atom stereocenters. The quantitative estimate of drug-likeness (QED) is 0.701. The van der Waals surface area contributed by atoms with Crippen LogP contribution in [0, 0.1) is 0 Å². The summed E-state index contributed by atoms with van der Waals surface area (Å²) in [7, 11) is 0. The second-order valence-corrected chi connectivity index (χ2v) is 5.84. The third-order valence-electron chi connectivity index (χ3n) is 4.19. The van der Waals surface area contributed by atoms with Crippen LogP contribution in [0.3, 0.4) is 0 Å². The smallest absolute Gasteiger partial charge is 0.249 e. The van der Waals surface area contributed by atoms with Gasteiger partial charge in [-0.3, -0.25) is 4.79 Å². The summed E-state index contributed by atoms with van der Waals surface area (Å²) in [5, 5.41) is 2.92. The normalized spacial score (nSPS) is 26.3. The third-order valence-corrected chi connectivity index (χ3v) is 4.19. The molecule has 0 aromatic carbocycles. The average molecular weight is 321 g/mol. The zero-order valence-corrected chi connectivity index (χ0v) is 13.5. The predicted molar refractivity (Wildman–Crippen MR) is 84.6 cm³/mol. The van der Waals surface area contributed by atoms with Gasteiger partial charge in [0.05, 0.1) is 12.2 Å². The zero-order valence-electron chi connectivity index (χ0n) is 12.7. The number of ether oxygens (including phenoxy) is 2. The fourth-order valence-electron chi connectivity index (χ4n) is 2.95. The number of nitrogens with one attached hydrogen (secondary N) is 1. The van der Waals surface area contributed by atoms with Gasteiger partial charge in [0.1, 0.15) is 6.10 Å². The molecule has 0 aromatic rings. The van der Waals surface area contributed by atoms with E-state index in [2.05, 4.69) is 5.32 Å². The van der Waals surface area contributed by atoms with E-state index in [4.69, 9.17) is 15.2 Å². The fourth-order valence-corrected chi connectivity index (χ4v) is 2.95. The van der Waals surface area contributed by atoms with E-state index in [0.29, 0.717) is 19.2 Å². The summed E-state index contributed by atoms with van der Waals surface area (Å²) in [5.74, 6) is -0.00128. The van der Waals surface area contributed by atoms with E-state index in [9.17, 15) is 4.79 Å². The van der Waals surface area contributed by atoms with Gasteiger partial charge in [0.15, 0.2) is 0 Å². The van der Waals surface area contributed by atoms with Gasteiger partial charge in [-0.2, -0.15) is 0 Å². The van der Waals surface area contributed by atoms with Gasteiger partial charge in [-0.25, -0.2) is 0 Å². The van der Waals surface area contributed by atoms with Gasteiger partial charge >= 0.3 is 0 Å². The van der Waals surface area contributed by atoms with Crippen LogP contribution in [0.15, 0.2) is 0 Å². The molecule has 0 spiro atoms. The van der Waals surface area contributed by atoms with E-state index in [1.165, 1.54) is 32.1 Å². The molecule has 0 unspecified atom stereocenters. The molecule has 0 radical (unpaired) electrons. The molecule has 0 aromatic heterocycles. The van der Waals surface area contributed by atoms with E-state index in [1.54, 1.807) is 0 Å². The molecule has 1 saturated carbocycles. The predicted octanol–water partition coefficient (Wildman–Crippen LogP) is 1.77. The van der Waals surface area contributed by atoms with Crippen molar-refractivity contribution in [3.63, 3.8) is 0 Å². The molecule has 1 aliphatic heterocycles. The molecular formula is C15H29ClN2O3. The first-order valence-corrected chi connectivity index (χ1v) is 8.04. The van der Waals surface area contributed by atoms with Crippen molar-refractivity contribution in [2.24, 2.45) is 5.73 Å². The van der Waals surface area contributed by atoms with Crippen molar-refractivity contribution in [3.05, 3.63) is 0 Å². The first kappa shape index (κ1) is 18.7. The molecule has 2 aliphatic rings. The molecule has 6 heteroatoms. The Labute approximate surface area is 133 Å². The Morgan fingerprint density at radius 1 is 1.19 bits per heavy atom. The maximum absolute atomic E-state index is 11.9. The van der Waals surface area contributed by atoms with E-state index < -0.39 is 0 Å². The van der Waals surface area contributed by atoms with Crippen LogP contribution in [-0.4, -0.2) is 43.9 Å². The minimum atomic E-state index is -0.303. The molecule has 0 bridgehead atoms. The maximum Gasteiger partial charge on any atom is 0.249 e. The summed E-state index contributed by atoms with van der Waals surface area (Å²) >= 11 is 0. The summed E-state index contributed by atoms with van der Waals surface area (Å²) in [6.07, 6.45) is 9.07. The number of hydrogen-bond acceptors (Lipinski definition) is 4. The largest absolute Gasteiger partial charge is 0.378 e. The summed E-state index contributed by atoms with van der Waals surface area (Å²) in [6.45, 7) is 1.90. The Kier molecular flexibility index (Phi) is 9.24. The van der Waals surface area contributed by atoms with Crippen LogP contribution in [0.25, 0.3) is 0 Å². The first-order valence-electron chi connectivity index (χ1n) is 8.04. The molecule has 2 fully saturated rings. The summed E-state index contributed by atoms with van der Waals surface area (Å²) in [6, 6.07) is 0.